The summed E-state index contributed by atoms with van der Waals surface area (Å²) in [6.07, 6.45) is 1.36. The Balaban J connectivity index is 2.65. The Hall–Kier alpha value is -1.65. The molecular formula is C6H5N3O2. The normalized spacial score (nSPS) is 15.9. The number of hydrogen-bond donors (Lipinski definition) is 1. The minimum atomic E-state index is -0.317. The standard InChI is InChI=1S/C6H5N3O2/c1-9-5(10)3-2-7-8-4(3)6(9)11/h2H,1H3,(H,7,8). The summed E-state index contributed by atoms with van der Waals surface area (Å²) in [5.41, 5.74) is 0.648. The van der Waals surface area contributed by atoms with Gasteiger partial charge in [-0.15, -0.1) is 0 Å². The van der Waals surface area contributed by atoms with Crippen molar-refractivity contribution in [3.63, 3.8) is 0 Å². The van der Waals surface area contributed by atoms with Gasteiger partial charge in [0, 0.05) is 7.05 Å². The number of aromatic amines is 1. The molecule has 2 heterocycles. The second-order valence-electron chi connectivity index (χ2n) is 2.33. The highest BCUT2D eigenvalue weighted by atomic mass is 16.2. The highest BCUT2D eigenvalue weighted by molar-refractivity contribution is 6.20. The SMILES string of the molecule is CN1C(=O)c2cn[nH]c2C1=O. The molecule has 11 heavy (non-hydrogen) atoms. The third kappa shape index (κ3) is 0.568. The lowest BCUT2D eigenvalue weighted by molar-refractivity contribution is 0.0689. The van der Waals surface area contributed by atoms with Crippen LogP contribution in [0.15, 0.2) is 6.20 Å². The number of carbonyl (C=O) groups is 2. The van der Waals surface area contributed by atoms with E-state index in [1.165, 1.54) is 13.2 Å². The van der Waals surface area contributed by atoms with Crippen LogP contribution in [0.4, 0.5) is 0 Å². The maximum absolute atomic E-state index is 11.1. The summed E-state index contributed by atoms with van der Waals surface area (Å²) in [5, 5.41) is 6.05. The van der Waals surface area contributed by atoms with Crippen LogP contribution in [0, 0.1) is 0 Å². The van der Waals surface area contributed by atoms with Gasteiger partial charge in [-0.25, -0.2) is 0 Å². The second kappa shape index (κ2) is 1.69. The van der Waals surface area contributed by atoms with Gasteiger partial charge in [0.15, 0.2) is 0 Å². The van der Waals surface area contributed by atoms with Crippen LogP contribution in [-0.4, -0.2) is 34.0 Å². The molecule has 56 valence electrons. The molecule has 0 atom stereocenters. The quantitative estimate of drug-likeness (QED) is 0.514. The van der Waals surface area contributed by atoms with E-state index in [1.54, 1.807) is 0 Å². The summed E-state index contributed by atoms with van der Waals surface area (Å²) in [6.45, 7) is 0. The molecule has 0 aromatic carbocycles. The summed E-state index contributed by atoms with van der Waals surface area (Å²) < 4.78 is 0. The van der Waals surface area contributed by atoms with Crippen molar-refractivity contribution in [2.75, 3.05) is 7.05 Å². The smallest absolute Gasteiger partial charge is 0.276 e. The Bertz CT molecular complexity index is 311. The zero-order valence-electron chi connectivity index (χ0n) is 5.79. The van der Waals surface area contributed by atoms with Crippen LogP contribution in [-0.2, 0) is 0 Å². The highest BCUT2D eigenvalue weighted by Gasteiger charge is 2.34. The minimum absolute atomic E-state index is 0.289. The van der Waals surface area contributed by atoms with Crippen molar-refractivity contribution in [3.05, 3.63) is 17.5 Å². The van der Waals surface area contributed by atoms with Gasteiger partial charge in [0.2, 0.25) is 0 Å². The Morgan fingerprint density at radius 2 is 2.18 bits per heavy atom. The number of carbonyl (C=O) groups excluding carboxylic acids is 2. The third-order valence-corrected chi connectivity index (χ3v) is 1.69. The lowest BCUT2D eigenvalue weighted by Gasteiger charge is -2.02. The molecule has 0 saturated heterocycles. The molecule has 1 aromatic rings. The van der Waals surface area contributed by atoms with E-state index in [0.29, 0.717) is 5.56 Å². The van der Waals surface area contributed by atoms with Gasteiger partial charge in [-0.2, -0.15) is 5.10 Å². The molecule has 2 amide bonds. The molecule has 1 aromatic heterocycles. The van der Waals surface area contributed by atoms with Gasteiger partial charge in [0.25, 0.3) is 11.8 Å². The van der Waals surface area contributed by atoms with Crippen LogP contribution >= 0.6 is 0 Å². The lowest BCUT2D eigenvalue weighted by Crippen LogP contribution is -2.25. The maximum atomic E-state index is 11.1. The van der Waals surface area contributed by atoms with Crippen LogP contribution < -0.4 is 0 Å². The van der Waals surface area contributed by atoms with E-state index in [-0.39, 0.29) is 17.5 Å². The molecule has 5 nitrogen and oxygen atoms in total. The Kier molecular flexibility index (Phi) is 0.934. The molecule has 1 aliphatic rings. The first-order chi connectivity index (χ1) is 5.22. The predicted molar refractivity (Wildman–Crippen MR) is 35.0 cm³/mol. The van der Waals surface area contributed by atoms with Gasteiger partial charge in [0.05, 0.1) is 11.8 Å². The zero-order chi connectivity index (χ0) is 8.01. The molecule has 0 fully saturated rings. The summed E-state index contributed by atoms with van der Waals surface area (Å²) in [6, 6.07) is 0. The molecule has 0 spiro atoms. The average molecular weight is 151 g/mol. The van der Waals surface area contributed by atoms with Crippen molar-refractivity contribution in [2.45, 2.75) is 0 Å². The molecule has 1 N–H and O–H groups in total. The fraction of sp³-hybridized carbons (Fsp3) is 0.167. The Morgan fingerprint density at radius 1 is 1.45 bits per heavy atom. The molecule has 0 unspecified atom stereocenters. The monoisotopic (exact) mass is 151 g/mol. The molecule has 5 heteroatoms. The molecule has 0 aliphatic carbocycles. The summed E-state index contributed by atoms with van der Waals surface area (Å²) in [5.74, 6) is -0.610. The average Bonchev–Trinajstić information content (AvgIpc) is 2.53. The molecule has 0 bridgehead atoms. The van der Waals surface area contributed by atoms with Crippen molar-refractivity contribution >= 4 is 11.8 Å². The number of nitrogens with one attached hydrogen (secondary N) is 1. The van der Waals surface area contributed by atoms with Crippen LogP contribution in [0.3, 0.4) is 0 Å². The van der Waals surface area contributed by atoms with E-state index in [1.807, 2.05) is 0 Å². The lowest BCUT2D eigenvalue weighted by atomic mass is 10.3. The first-order valence-electron chi connectivity index (χ1n) is 3.07. The topological polar surface area (TPSA) is 66.1 Å². The van der Waals surface area contributed by atoms with Gasteiger partial charge in [-0.05, 0) is 0 Å². The van der Waals surface area contributed by atoms with Crippen molar-refractivity contribution in [2.24, 2.45) is 0 Å². The van der Waals surface area contributed by atoms with E-state index in [9.17, 15) is 9.59 Å². The van der Waals surface area contributed by atoms with Crippen molar-refractivity contribution in [1.29, 1.82) is 0 Å². The van der Waals surface area contributed by atoms with Crippen molar-refractivity contribution in [3.8, 4) is 0 Å². The maximum Gasteiger partial charge on any atom is 0.279 e. The fourth-order valence-corrected chi connectivity index (χ4v) is 1.05. The number of fused-ring (bicyclic) bond motifs is 1. The number of H-pyrrole nitrogens is 1. The summed E-state index contributed by atoms with van der Waals surface area (Å²) in [4.78, 5) is 23.3. The summed E-state index contributed by atoms with van der Waals surface area (Å²) >= 11 is 0. The van der Waals surface area contributed by atoms with Crippen LogP contribution in [0.5, 0.6) is 0 Å². The number of nitrogens with zero attached hydrogens (tertiary/aromatic N) is 2. The van der Waals surface area contributed by atoms with E-state index in [2.05, 4.69) is 10.2 Å². The Morgan fingerprint density at radius 3 is 2.82 bits per heavy atom. The van der Waals surface area contributed by atoms with Crippen LogP contribution in [0.25, 0.3) is 0 Å². The van der Waals surface area contributed by atoms with E-state index in [0.717, 1.165) is 4.90 Å². The molecule has 1 aliphatic heterocycles. The van der Waals surface area contributed by atoms with Gasteiger partial charge < -0.3 is 0 Å². The van der Waals surface area contributed by atoms with Crippen LogP contribution in [0.1, 0.15) is 20.8 Å². The first kappa shape index (κ1) is 6.09. The number of amides is 2. The van der Waals surface area contributed by atoms with Gasteiger partial charge >= 0.3 is 0 Å². The third-order valence-electron chi connectivity index (χ3n) is 1.69. The first-order valence-corrected chi connectivity index (χ1v) is 3.07. The Labute approximate surface area is 62.0 Å². The number of rotatable bonds is 0. The van der Waals surface area contributed by atoms with Crippen molar-refractivity contribution in [1.82, 2.24) is 15.1 Å². The van der Waals surface area contributed by atoms with E-state index < -0.39 is 0 Å². The van der Waals surface area contributed by atoms with Gasteiger partial charge in [-0.1, -0.05) is 0 Å². The zero-order valence-corrected chi connectivity index (χ0v) is 5.79. The van der Waals surface area contributed by atoms with Crippen LogP contribution in [0.2, 0.25) is 0 Å². The number of aromatic nitrogens is 2. The van der Waals surface area contributed by atoms with Gasteiger partial charge in [-0.3, -0.25) is 19.6 Å². The van der Waals surface area contributed by atoms with Crippen molar-refractivity contribution < 1.29 is 9.59 Å². The summed E-state index contributed by atoms with van der Waals surface area (Å²) in [7, 11) is 1.44. The minimum Gasteiger partial charge on any atom is -0.276 e. The number of hydrogen-bond acceptors (Lipinski definition) is 3. The highest BCUT2D eigenvalue weighted by Crippen LogP contribution is 2.17. The van der Waals surface area contributed by atoms with E-state index in [4.69, 9.17) is 0 Å². The molecule has 0 radical (unpaired) electrons. The van der Waals surface area contributed by atoms with E-state index >= 15 is 0 Å². The second-order valence-corrected chi connectivity index (χ2v) is 2.33. The largest absolute Gasteiger partial charge is 0.279 e. The molecule has 0 saturated carbocycles. The predicted octanol–water partition coefficient (Wildman–Crippen LogP) is -0.365. The fourth-order valence-electron chi connectivity index (χ4n) is 1.05. The molecule has 2 rings (SSSR count). The molecular weight excluding hydrogens is 146 g/mol. The number of imide groups is 1. The van der Waals surface area contributed by atoms with Gasteiger partial charge in [0.1, 0.15) is 5.69 Å².